The van der Waals surface area contributed by atoms with E-state index in [9.17, 15) is 4.79 Å². The van der Waals surface area contributed by atoms with E-state index in [2.05, 4.69) is 35.0 Å². The van der Waals surface area contributed by atoms with Crippen LogP contribution in [-0.2, 0) is 11.3 Å². The molecule has 2 atom stereocenters. The molecule has 1 saturated carbocycles. The van der Waals surface area contributed by atoms with E-state index < -0.39 is 0 Å². The standard InChI is InChI=1S/C15H20BrNO/c1-11-5-3-8-14(11)15(18)17(2)10-12-6-4-7-13(16)9-12/h4,6-7,9,11,14H,3,5,8,10H2,1-2H3. The highest BCUT2D eigenvalue weighted by Gasteiger charge is 2.31. The van der Waals surface area contributed by atoms with Gasteiger partial charge in [0.2, 0.25) is 5.91 Å². The van der Waals surface area contributed by atoms with Crippen molar-refractivity contribution in [1.29, 1.82) is 0 Å². The molecule has 1 aromatic carbocycles. The summed E-state index contributed by atoms with van der Waals surface area (Å²) in [5.41, 5.74) is 1.17. The first-order valence-corrected chi connectivity index (χ1v) is 7.36. The zero-order valence-electron chi connectivity index (χ0n) is 11.0. The maximum absolute atomic E-state index is 12.4. The SMILES string of the molecule is CC1CCCC1C(=O)N(C)Cc1cccc(Br)c1. The van der Waals surface area contributed by atoms with Crippen LogP contribution >= 0.6 is 15.9 Å². The molecule has 1 amide bonds. The zero-order valence-corrected chi connectivity index (χ0v) is 12.6. The number of rotatable bonds is 3. The summed E-state index contributed by atoms with van der Waals surface area (Å²) in [4.78, 5) is 14.2. The van der Waals surface area contributed by atoms with E-state index in [1.54, 1.807) is 0 Å². The monoisotopic (exact) mass is 309 g/mol. The molecule has 0 saturated heterocycles. The predicted molar refractivity (Wildman–Crippen MR) is 77.1 cm³/mol. The minimum absolute atomic E-state index is 0.238. The van der Waals surface area contributed by atoms with Crippen LogP contribution in [0.2, 0.25) is 0 Å². The van der Waals surface area contributed by atoms with Gasteiger partial charge in [0, 0.05) is 24.0 Å². The largest absolute Gasteiger partial charge is 0.341 e. The van der Waals surface area contributed by atoms with Gasteiger partial charge in [-0.1, -0.05) is 41.4 Å². The maximum atomic E-state index is 12.4. The van der Waals surface area contributed by atoms with Gasteiger partial charge in [0.15, 0.2) is 0 Å². The van der Waals surface area contributed by atoms with Crippen molar-refractivity contribution in [3.8, 4) is 0 Å². The van der Waals surface area contributed by atoms with Crippen LogP contribution < -0.4 is 0 Å². The molecule has 2 rings (SSSR count). The van der Waals surface area contributed by atoms with Crippen molar-refractivity contribution in [2.75, 3.05) is 7.05 Å². The summed E-state index contributed by atoms with van der Waals surface area (Å²) in [5, 5.41) is 0. The third-order valence-electron chi connectivity index (χ3n) is 3.86. The van der Waals surface area contributed by atoms with Crippen LogP contribution in [0.1, 0.15) is 31.7 Å². The molecule has 0 aromatic heterocycles. The first-order chi connectivity index (χ1) is 8.58. The number of carbonyl (C=O) groups is 1. The third-order valence-corrected chi connectivity index (χ3v) is 4.36. The van der Waals surface area contributed by atoms with Crippen LogP contribution in [-0.4, -0.2) is 17.9 Å². The van der Waals surface area contributed by atoms with Crippen molar-refractivity contribution in [1.82, 2.24) is 4.90 Å². The smallest absolute Gasteiger partial charge is 0.225 e. The molecular weight excluding hydrogens is 290 g/mol. The molecule has 0 spiro atoms. The molecule has 1 aromatic rings. The first-order valence-electron chi connectivity index (χ1n) is 6.57. The van der Waals surface area contributed by atoms with Crippen molar-refractivity contribution in [3.63, 3.8) is 0 Å². The van der Waals surface area contributed by atoms with Gasteiger partial charge in [0.05, 0.1) is 0 Å². The molecule has 2 nitrogen and oxygen atoms in total. The lowest BCUT2D eigenvalue weighted by Crippen LogP contribution is -2.33. The van der Waals surface area contributed by atoms with Gasteiger partial charge in [-0.05, 0) is 36.5 Å². The van der Waals surface area contributed by atoms with Crippen LogP contribution in [0.15, 0.2) is 28.7 Å². The van der Waals surface area contributed by atoms with E-state index in [0.717, 1.165) is 10.9 Å². The summed E-state index contributed by atoms with van der Waals surface area (Å²) >= 11 is 3.46. The fourth-order valence-electron chi connectivity index (χ4n) is 2.78. The molecule has 0 bridgehead atoms. The highest BCUT2D eigenvalue weighted by Crippen LogP contribution is 2.32. The Balaban J connectivity index is 1.99. The van der Waals surface area contributed by atoms with Crippen LogP contribution in [0.4, 0.5) is 0 Å². The van der Waals surface area contributed by atoms with Crippen molar-refractivity contribution in [2.45, 2.75) is 32.7 Å². The number of nitrogens with zero attached hydrogens (tertiary/aromatic N) is 1. The Hall–Kier alpha value is -0.830. The second-order valence-electron chi connectivity index (χ2n) is 5.34. The zero-order chi connectivity index (χ0) is 13.1. The van der Waals surface area contributed by atoms with E-state index >= 15 is 0 Å². The van der Waals surface area contributed by atoms with Crippen molar-refractivity contribution < 1.29 is 4.79 Å². The highest BCUT2D eigenvalue weighted by atomic mass is 79.9. The molecule has 18 heavy (non-hydrogen) atoms. The normalized spacial score (nSPS) is 23.1. The molecule has 1 aliphatic rings. The van der Waals surface area contributed by atoms with Gasteiger partial charge >= 0.3 is 0 Å². The lowest BCUT2D eigenvalue weighted by Gasteiger charge is -2.23. The van der Waals surface area contributed by atoms with Crippen LogP contribution in [0.5, 0.6) is 0 Å². The summed E-state index contributed by atoms with van der Waals surface area (Å²) < 4.78 is 1.06. The average Bonchev–Trinajstić information content (AvgIpc) is 2.74. The Morgan fingerprint density at radius 2 is 2.22 bits per heavy atom. The number of hydrogen-bond donors (Lipinski definition) is 0. The van der Waals surface area contributed by atoms with Gasteiger partial charge in [-0.25, -0.2) is 0 Å². The fourth-order valence-corrected chi connectivity index (χ4v) is 3.23. The molecule has 3 heteroatoms. The average molecular weight is 310 g/mol. The topological polar surface area (TPSA) is 20.3 Å². The van der Waals surface area contributed by atoms with Gasteiger partial charge < -0.3 is 4.90 Å². The van der Waals surface area contributed by atoms with Crippen LogP contribution in [0.3, 0.4) is 0 Å². The summed E-state index contributed by atoms with van der Waals surface area (Å²) in [7, 11) is 1.91. The molecule has 1 aliphatic carbocycles. The first kappa shape index (κ1) is 13.6. The summed E-state index contributed by atoms with van der Waals surface area (Å²) in [6.07, 6.45) is 3.45. The molecule has 2 unspecified atom stereocenters. The fraction of sp³-hybridized carbons (Fsp3) is 0.533. The molecule has 1 fully saturated rings. The molecule has 0 heterocycles. The quantitative estimate of drug-likeness (QED) is 0.830. The van der Waals surface area contributed by atoms with Crippen molar-refractivity contribution in [3.05, 3.63) is 34.3 Å². The van der Waals surface area contributed by atoms with Crippen LogP contribution in [0, 0.1) is 11.8 Å². The summed E-state index contributed by atoms with van der Waals surface area (Å²) in [5.74, 6) is 1.09. The van der Waals surface area contributed by atoms with E-state index in [4.69, 9.17) is 0 Å². The number of hydrogen-bond acceptors (Lipinski definition) is 1. The minimum Gasteiger partial charge on any atom is -0.341 e. The Bertz CT molecular complexity index is 432. The Morgan fingerprint density at radius 1 is 1.44 bits per heavy atom. The van der Waals surface area contributed by atoms with Gasteiger partial charge in [0.1, 0.15) is 0 Å². The van der Waals surface area contributed by atoms with E-state index in [0.29, 0.717) is 18.4 Å². The summed E-state index contributed by atoms with van der Waals surface area (Å²) in [6.45, 7) is 2.89. The van der Waals surface area contributed by atoms with Gasteiger partial charge in [-0.2, -0.15) is 0 Å². The second kappa shape index (κ2) is 5.87. The molecular formula is C15H20BrNO. The van der Waals surface area contributed by atoms with Crippen molar-refractivity contribution in [2.24, 2.45) is 11.8 Å². The molecule has 0 radical (unpaired) electrons. The third kappa shape index (κ3) is 3.14. The van der Waals surface area contributed by atoms with E-state index in [1.165, 1.54) is 18.4 Å². The Morgan fingerprint density at radius 3 is 2.83 bits per heavy atom. The predicted octanol–water partition coefficient (Wildman–Crippen LogP) is 3.84. The second-order valence-corrected chi connectivity index (χ2v) is 6.25. The summed E-state index contributed by atoms with van der Waals surface area (Å²) in [6, 6.07) is 8.15. The van der Waals surface area contributed by atoms with E-state index in [1.807, 2.05) is 24.1 Å². The highest BCUT2D eigenvalue weighted by molar-refractivity contribution is 9.10. The lowest BCUT2D eigenvalue weighted by molar-refractivity contribution is -0.135. The van der Waals surface area contributed by atoms with Gasteiger partial charge in [-0.15, -0.1) is 0 Å². The number of carbonyl (C=O) groups excluding carboxylic acids is 1. The number of halogens is 1. The molecule has 0 aliphatic heterocycles. The van der Waals surface area contributed by atoms with Crippen LogP contribution in [0.25, 0.3) is 0 Å². The van der Waals surface area contributed by atoms with Crippen molar-refractivity contribution >= 4 is 21.8 Å². The minimum atomic E-state index is 0.238. The Kier molecular flexibility index (Phi) is 4.44. The maximum Gasteiger partial charge on any atom is 0.225 e. The van der Waals surface area contributed by atoms with Gasteiger partial charge in [-0.3, -0.25) is 4.79 Å². The van der Waals surface area contributed by atoms with Gasteiger partial charge in [0.25, 0.3) is 0 Å². The molecule has 98 valence electrons. The number of benzene rings is 1. The lowest BCUT2D eigenvalue weighted by atomic mass is 9.96. The van der Waals surface area contributed by atoms with E-state index in [-0.39, 0.29) is 5.92 Å². The number of amides is 1. The molecule has 0 N–H and O–H groups in total. The Labute approximate surface area is 117 Å².